The second-order valence-electron chi connectivity index (χ2n) is 5.90. The summed E-state index contributed by atoms with van der Waals surface area (Å²) in [7, 11) is 0. The monoisotopic (exact) mass is 491 g/mol. The lowest BCUT2D eigenvalue weighted by atomic mass is 10.1. The van der Waals surface area contributed by atoms with Crippen LogP contribution in [-0.4, -0.2) is 16.4 Å². The molecule has 0 atom stereocenters. The lowest BCUT2D eigenvalue weighted by molar-refractivity contribution is -0.394. The van der Waals surface area contributed by atoms with Gasteiger partial charge in [0.15, 0.2) is 0 Å². The van der Waals surface area contributed by atoms with Crippen LogP contribution in [0.3, 0.4) is 0 Å². The van der Waals surface area contributed by atoms with Crippen LogP contribution in [-0.2, 0) is 12.4 Å². The third-order valence-electron chi connectivity index (χ3n) is 3.99. The highest BCUT2D eigenvalue weighted by molar-refractivity contribution is 6.39. The second-order valence-corrected chi connectivity index (χ2v) is 6.72. The van der Waals surface area contributed by atoms with Crippen LogP contribution in [0.25, 0.3) is 0 Å². The van der Waals surface area contributed by atoms with Crippen molar-refractivity contribution in [3.8, 4) is 0 Å². The van der Waals surface area contributed by atoms with Crippen molar-refractivity contribution in [2.75, 3.05) is 11.4 Å². The Hall–Kier alpha value is -2.80. The Morgan fingerprint density at radius 2 is 1.39 bits per heavy atom. The van der Waals surface area contributed by atoms with Crippen molar-refractivity contribution in [1.82, 2.24) is 0 Å². The zero-order valence-electron chi connectivity index (χ0n) is 15.0. The number of halogens is 8. The van der Waals surface area contributed by atoms with E-state index in [-0.39, 0.29) is 6.07 Å². The Labute approximate surface area is 179 Å². The highest BCUT2D eigenvalue weighted by Crippen LogP contribution is 2.50. The molecule has 0 heterocycles. The summed E-state index contributed by atoms with van der Waals surface area (Å²) in [6.07, 6.45) is -10.2. The van der Waals surface area contributed by atoms with Gasteiger partial charge in [0.05, 0.1) is 42.8 Å². The normalized spacial score (nSPS) is 12.0. The largest absolute Gasteiger partial charge is 0.418 e. The fraction of sp³-hybridized carbons (Fsp3) is 0.250. The maximum Gasteiger partial charge on any atom is 0.418 e. The predicted molar refractivity (Wildman–Crippen MR) is 98.9 cm³/mol. The van der Waals surface area contributed by atoms with Gasteiger partial charge in [-0.25, -0.2) is 0 Å². The molecule has 0 amide bonds. The Bertz CT molecular complexity index is 1040. The fourth-order valence-electron chi connectivity index (χ4n) is 2.76. The van der Waals surface area contributed by atoms with Crippen LogP contribution in [0.2, 0.25) is 10.0 Å². The van der Waals surface area contributed by atoms with Gasteiger partial charge in [0.25, 0.3) is 11.4 Å². The summed E-state index contributed by atoms with van der Waals surface area (Å²) in [5.41, 5.74) is -7.30. The van der Waals surface area contributed by atoms with E-state index in [4.69, 9.17) is 23.2 Å². The maximum atomic E-state index is 13.7. The topological polar surface area (TPSA) is 89.5 Å². The van der Waals surface area contributed by atoms with Crippen molar-refractivity contribution in [2.24, 2.45) is 0 Å². The molecule has 0 saturated heterocycles. The van der Waals surface area contributed by atoms with Gasteiger partial charge < -0.3 is 4.90 Å². The smallest absolute Gasteiger partial charge is 0.333 e. The summed E-state index contributed by atoms with van der Waals surface area (Å²) >= 11 is 11.7. The number of anilines is 2. The highest BCUT2D eigenvalue weighted by Gasteiger charge is 2.42. The molecule has 31 heavy (non-hydrogen) atoms. The van der Waals surface area contributed by atoms with Crippen molar-refractivity contribution >= 4 is 46.0 Å². The van der Waals surface area contributed by atoms with E-state index in [1.807, 2.05) is 0 Å². The van der Waals surface area contributed by atoms with Crippen molar-refractivity contribution in [3.63, 3.8) is 0 Å². The molecule has 7 nitrogen and oxygen atoms in total. The number of hydrogen-bond donors (Lipinski definition) is 0. The maximum absolute atomic E-state index is 13.7. The van der Waals surface area contributed by atoms with E-state index in [1.54, 1.807) is 0 Å². The van der Waals surface area contributed by atoms with Crippen molar-refractivity contribution in [1.29, 1.82) is 0 Å². The van der Waals surface area contributed by atoms with Crippen LogP contribution in [0.4, 0.5) is 49.1 Å². The van der Waals surface area contributed by atoms with E-state index in [9.17, 15) is 46.6 Å². The molecule has 0 N–H and O–H groups in total. The molecule has 0 spiro atoms. The minimum absolute atomic E-state index is 0.0802. The number of alkyl halides is 6. The lowest BCUT2D eigenvalue weighted by Crippen LogP contribution is -2.23. The molecule has 0 aliphatic rings. The third kappa shape index (κ3) is 4.93. The van der Waals surface area contributed by atoms with Crippen LogP contribution in [0.15, 0.2) is 24.3 Å². The number of benzene rings is 2. The first-order chi connectivity index (χ1) is 14.1. The third-order valence-corrected chi connectivity index (χ3v) is 4.56. The van der Waals surface area contributed by atoms with E-state index < -0.39 is 72.7 Å². The average Bonchev–Trinajstić information content (AvgIpc) is 2.61. The fourth-order valence-corrected chi connectivity index (χ4v) is 3.45. The minimum Gasteiger partial charge on any atom is -0.333 e. The molecule has 0 radical (unpaired) electrons. The predicted octanol–water partition coefficient (Wildman–Crippen LogP) is 7.01. The molecular weight excluding hydrogens is 483 g/mol. The SMILES string of the molecule is CCN(c1c(Cl)cc(C(F)(F)F)cc1Cl)c1c([N+](=O)[O-])cc([N+](=O)[O-])cc1C(F)(F)F. The molecule has 2 aromatic rings. The standard InChI is InChI=1S/C16H9Cl2F6N3O4/c1-2-25(14-10(17)3-7(4-11(14)18)15(19,20)21)13-9(16(22,23)24)5-8(26(28)29)6-12(13)27(30)31/h3-6H,2H2,1H3. The van der Waals surface area contributed by atoms with Gasteiger partial charge >= 0.3 is 12.4 Å². The molecule has 0 saturated carbocycles. The molecule has 0 fully saturated rings. The number of nitro benzene ring substituents is 2. The first-order valence-corrected chi connectivity index (χ1v) is 8.73. The van der Waals surface area contributed by atoms with Crippen LogP contribution in [0.5, 0.6) is 0 Å². The molecule has 15 heteroatoms. The number of hydrogen-bond acceptors (Lipinski definition) is 5. The molecule has 2 rings (SSSR count). The van der Waals surface area contributed by atoms with Gasteiger partial charge in [0.2, 0.25) is 0 Å². The van der Waals surface area contributed by atoms with Gasteiger partial charge in [0, 0.05) is 12.6 Å². The molecule has 0 aromatic heterocycles. The van der Waals surface area contributed by atoms with Crippen molar-refractivity contribution < 1.29 is 36.2 Å². The molecular formula is C16H9Cl2F6N3O4. The molecule has 168 valence electrons. The van der Waals surface area contributed by atoms with E-state index in [0.717, 1.165) is 0 Å². The van der Waals surface area contributed by atoms with E-state index in [0.29, 0.717) is 23.1 Å². The van der Waals surface area contributed by atoms with Gasteiger partial charge in [-0.2, -0.15) is 26.3 Å². The summed E-state index contributed by atoms with van der Waals surface area (Å²) in [6.45, 7) is 0.766. The van der Waals surface area contributed by atoms with Gasteiger partial charge in [0.1, 0.15) is 5.69 Å². The summed E-state index contributed by atoms with van der Waals surface area (Å²) in [4.78, 5) is 20.5. The quantitative estimate of drug-likeness (QED) is 0.255. The zero-order valence-corrected chi connectivity index (χ0v) is 16.5. The Morgan fingerprint density at radius 3 is 1.74 bits per heavy atom. The lowest BCUT2D eigenvalue weighted by Gasteiger charge is -2.28. The summed E-state index contributed by atoms with van der Waals surface area (Å²) in [5, 5.41) is 21.0. The highest BCUT2D eigenvalue weighted by atomic mass is 35.5. The Morgan fingerprint density at radius 1 is 0.871 bits per heavy atom. The second kappa shape index (κ2) is 8.38. The van der Waals surface area contributed by atoms with Crippen LogP contribution in [0.1, 0.15) is 18.1 Å². The summed E-state index contributed by atoms with van der Waals surface area (Å²) in [6, 6.07) is 1.18. The molecule has 0 bridgehead atoms. The van der Waals surface area contributed by atoms with Crippen LogP contribution < -0.4 is 4.90 Å². The van der Waals surface area contributed by atoms with Gasteiger partial charge in [-0.3, -0.25) is 20.2 Å². The zero-order chi connectivity index (χ0) is 23.9. The summed E-state index contributed by atoms with van der Waals surface area (Å²) in [5.74, 6) is 0. The first-order valence-electron chi connectivity index (χ1n) is 7.97. The van der Waals surface area contributed by atoms with Gasteiger partial charge in [-0.05, 0) is 19.1 Å². The number of non-ortho nitro benzene ring substituents is 1. The number of nitro groups is 2. The van der Waals surface area contributed by atoms with E-state index in [1.165, 1.54) is 6.92 Å². The van der Waals surface area contributed by atoms with Crippen molar-refractivity contribution in [2.45, 2.75) is 19.3 Å². The van der Waals surface area contributed by atoms with E-state index >= 15 is 0 Å². The van der Waals surface area contributed by atoms with Gasteiger partial charge in [-0.15, -0.1) is 0 Å². The molecule has 0 aliphatic heterocycles. The number of rotatable bonds is 5. The minimum atomic E-state index is -5.30. The summed E-state index contributed by atoms with van der Waals surface area (Å²) < 4.78 is 79.9. The van der Waals surface area contributed by atoms with Crippen LogP contribution in [0, 0.1) is 20.2 Å². The van der Waals surface area contributed by atoms with E-state index in [2.05, 4.69) is 0 Å². The average molecular weight is 492 g/mol. The Balaban J connectivity index is 2.93. The Kier molecular flexibility index (Phi) is 6.62. The molecule has 0 aliphatic carbocycles. The van der Waals surface area contributed by atoms with Crippen LogP contribution >= 0.6 is 23.2 Å². The molecule has 2 aromatic carbocycles. The number of nitrogens with zero attached hydrogens (tertiary/aromatic N) is 3. The first kappa shape index (κ1) is 24.5. The van der Waals surface area contributed by atoms with Gasteiger partial charge in [-0.1, -0.05) is 23.2 Å². The van der Waals surface area contributed by atoms with Crippen molar-refractivity contribution in [3.05, 3.63) is 65.7 Å². The molecule has 0 unspecified atom stereocenters.